The van der Waals surface area contributed by atoms with Gasteiger partial charge in [-0.2, -0.15) is 0 Å². The van der Waals surface area contributed by atoms with Gasteiger partial charge in [-0.3, -0.25) is 0 Å². The highest BCUT2D eigenvalue weighted by Crippen LogP contribution is 2.07. The third-order valence-electron chi connectivity index (χ3n) is 2.02. The van der Waals surface area contributed by atoms with E-state index in [1.165, 1.54) is 0 Å². The van der Waals surface area contributed by atoms with Crippen LogP contribution in [0, 0.1) is 6.92 Å². The highest BCUT2D eigenvalue weighted by Gasteiger charge is 2.11. The van der Waals surface area contributed by atoms with E-state index in [1.807, 2.05) is 31.5 Å². The summed E-state index contributed by atoms with van der Waals surface area (Å²) in [5.41, 5.74) is 1.68. The standard InChI is InChI=1S/C10H15NO2/c1-4-7-13-10(12)9-6-5-8(2)11(9)3/h5-6H,4,7H2,1-3H3. The molecule has 1 aromatic heterocycles. The molecular weight excluding hydrogens is 166 g/mol. The first kappa shape index (κ1) is 9.84. The number of ether oxygens (including phenoxy) is 1. The first-order valence-corrected chi connectivity index (χ1v) is 4.46. The number of carbonyl (C=O) groups is 1. The average Bonchev–Trinajstić information content (AvgIpc) is 2.44. The van der Waals surface area contributed by atoms with Gasteiger partial charge in [0.1, 0.15) is 5.69 Å². The second-order valence-corrected chi connectivity index (χ2v) is 3.05. The summed E-state index contributed by atoms with van der Waals surface area (Å²) in [6.07, 6.45) is 0.856. The Bertz CT molecular complexity index is 302. The van der Waals surface area contributed by atoms with E-state index < -0.39 is 0 Å². The van der Waals surface area contributed by atoms with Crippen LogP contribution in [0.3, 0.4) is 0 Å². The second-order valence-electron chi connectivity index (χ2n) is 3.05. The van der Waals surface area contributed by atoms with Gasteiger partial charge in [-0.05, 0) is 25.5 Å². The second kappa shape index (κ2) is 4.12. The van der Waals surface area contributed by atoms with Crippen LogP contribution < -0.4 is 0 Å². The molecule has 13 heavy (non-hydrogen) atoms. The van der Waals surface area contributed by atoms with Gasteiger partial charge in [0.05, 0.1) is 6.61 Å². The Balaban J connectivity index is 2.71. The van der Waals surface area contributed by atoms with E-state index in [1.54, 1.807) is 6.07 Å². The van der Waals surface area contributed by atoms with Gasteiger partial charge in [0.25, 0.3) is 0 Å². The molecule has 0 N–H and O–H groups in total. The molecule has 0 aliphatic carbocycles. The van der Waals surface area contributed by atoms with Crippen molar-refractivity contribution < 1.29 is 9.53 Å². The van der Waals surface area contributed by atoms with E-state index in [0.717, 1.165) is 12.1 Å². The maximum Gasteiger partial charge on any atom is 0.354 e. The van der Waals surface area contributed by atoms with Crippen LogP contribution in [0.5, 0.6) is 0 Å². The van der Waals surface area contributed by atoms with Gasteiger partial charge in [0.15, 0.2) is 0 Å². The molecule has 0 amide bonds. The molecule has 0 aromatic carbocycles. The molecule has 1 rings (SSSR count). The topological polar surface area (TPSA) is 31.2 Å². The summed E-state index contributed by atoms with van der Waals surface area (Å²) in [6, 6.07) is 3.69. The van der Waals surface area contributed by atoms with Crippen LogP contribution in [0.25, 0.3) is 0 Å². The number of aryl methyl sites for hydroxylation is 1. The molecule has 0 radical (unpaired) electrons. The van der Waals surface area contributed by atoms with Crippen molar-refractivity contribution in [1.82, 2.24) is 4.57 Å². The van der Waals surface area contributed by atoms with Crippen LogP contribution in [0.2, 0.25) is 0 Å². The molecule has 0 atom stereocenters. The number of carbonyl (C=O) groups excluding carboxylic acids is 1. The summed E-state index contributed by atoms with van der Waals surface area (Å²) in [4.78, 5) is 11.4. The summed E-state index contributed by atoms with van der Waals surface area (Å²) in [5, 5.41) is 0. The number of rotatable bonds is 3. The van der Waals surface area contributed by atoms with Gasteiger partial charge < -0.3 is 9.30 Å². The highest BCUT2D eigenvalue weighted by atomic mass is 16.5. The van der Waals surface area contributed by atoms with Crippen molar-refractivity contribution >= 4 is 5.97 Å². The minimum absolute atomic E-state index is 0.238. The Labute approximate surface area is 78.3 Å². The number of aromatic nitrogens is 1. The number of hydrogen-bond acceptors (Lipinski definition) is 2. The normalized spacial score (nSPS) is 10.1. The SMILES string of the molecule is CCCOC(=O)c1ccc(C)n1C. The smallest absolute Gasteiger partial charge is 0.354 e. The first-order valence-electron chi connectivity index (χ1n) is 4.46. The summed E-state index contributed by atoms with van der Waals surface area (Å²) in [5.74, 6) is -0.238. The lowest BCUT2D eigenvalue weighted by Gasteiger charge is -2.04. The van der Waals surface area contributed by atoms with Gasteiger partial charge in [-0.15, -0.1) is 0 Å². The number of esters is 1. The molecule has 3 heteroatoms. The molecule has 0 fully saturated rings. The van der Waals surface area contributed by atoms with E-state index in [2.05, 4.69) is 0 Å². The summed E-state index contributed by atoms with van der Waals surface area (Å²) >= 11 is 0. The summed E-state index contributed by atoms with van der Waals surface area (Å²) < 4.78 is 6.84. The molecule has 1 heterocycles. The van der Waals surface area contributed by atoms with E-state index in [9.17, 15) is 4.79 Å². The van der Waals surface area contributed by atoms with Gasteiger partial charge >= 0.3 is 5.97 Å². The van der Waals surface area contributed by atoms with Crippen molar-refractivity contribution in [1.29, 1.82) is 0 Å². The maximum atomic E-state index is 11.4. The fraction of sp³-hybridized carbons (Fsp3) is 0.500. The molecule has 72 valence electrons. The third kappa shape index (κ3) is 2.11. The minimum atomic E-state index is -0.238. The minimum Gasteiger partial charge on any atom is -0.461 e. The molecule has 0 saturated heterocycles. The van der Waals surface area contributed by atoms with Crippen molar-refractivity contribution in [2.75, 3.05) is 6.61 Å². The van der Waals surface area contributed by atoms with E-state index in [4.69, 9.17) is 4.74 Å². The largest absolute Gasteiger partial charge is 0.461 e. The van der Waals surface area contributed by atoms with Crippen LogP contribution in [0.1, 0.15) is 29.5 Å². The Morgan fingerprint density at radius 2 is 2.23 bits per heavy atom. The zero-order chi connectivity index (χ0) is 9.84. The molecule has 0 aliphatic rings. The first-order chi connectivity index (χ1) is 6.16. The maximum absolute atomic E-state index is 11.4. The highest BCUT2D eigenvalue weighted by molar-refractivity contribution is 5.87. The van der Waals surface area contributed by atoms with Crippen LogP contribution in [0.4, 0.5) is 0 Å². The molecule has 0 spiro atoms. The van der Waals surface area contributed by atoms with Crippen molar-refractivity contribution in [3.63, 3.8) is 0 Å². The Morgan fingerprint density at radius 3 is 2.69 bits per heavy atom. The van der Waals surface area contributed by atoms with Gasteiger partial charge in [0, 0.05) is 12.7 Å². The Hall–Kier alpha value is -1.25. The van der Waals surface area contributed by atoms with E-state index >= 15 is 0 Å². The molecule has 0 bridgehead atoms. The summed E-state index contributed by atoms with van der Waals surface area (Å²) in [7, 11) is 1.86. The van der Waals surface area contributed by atoms with Gasteiger partial charge in [-0.25, -0.2) is 4.79 Å². The Kier molecular flexibility index (Phi) is 3.12. The van der Waals surface area contributed by atoms with E-state index in [-0.39, 0.29) is 5.97 Å². The predicted molar refractivity (Wildman–Crippen MR) is 50.7 cm³/mol. The molecule has 0 aliphatic heterocycles. The number of hydrogen-bond donors (Lipinski definition) is 0. The third-order valence-corrected chi connectivity index (χ3v) is 2.02. The fourth-order valence-corrected chi connectivity index (χ4v) is 1.09. The van der Waals surface area contributed by atoms with Crippen molar-refractivity contribution in [3.8, 4) is 0 Å². The van der Waals surface area contributed by atoms with Crippen LogP contribution in [-0.4, -0.2) is 17.1 Å². The van der Waals surface area contributed by atoms with Crippen LogP contribution in [-0.2, 0) is 11.8 Å². The monoisotopic (exact) mass is 181 g/mol. The molecule has 0 unspecified atom stereocenters. The van der Waals surface area contributed by atoms with Crippen LogP contribution >= 0.6 is 0 Å². The predicted octanol–water partition coefficient (Wildman–Crippen LogP) is 1.90. The average molecular weight is 181 g/mol. The van der Waals surface area contributed by atoms with Crippen LogP contribution in [0.15, 0.2) is 12.1 Å². The van der Waals surface area contributed by atoms with Gasteiger partial charge in [-0.1, -0.05) is 6.92 Å². The van der Waals surface area contributed by atoms with Gasteiger partial charge in [0.2, 0.25) is 0 Å². The molecule has 0 saturated carbocycles. The van der Waals surface area contributed by atoms with Crippen molar-refractivity contribution in [3.05, 3.63) is 23.5 Å². The lowest BCUT2D eigenvalue weighted by molar-refractivity contribution is 0.0494. The zero-order valence-corrected chi connectivity index (χ0v) is 8.33. The lowest BCUT2D eigenvalue weighted by Crippen LogP contribution is -2.10. The lowest BCUT2D eigenvalue weighted by atomic mass is 10.4. The molecular formula is C10H15NO2. The summed E-state index contributed by atoms with van der Waals surface area (Å²) in [6.45, 7) is 4.42. The quantitative estimate of drug-likeness (QED) is 0.667. The Morgan fingerprint density at radius 1 is 1.54 bits per heavy atom. The van der Waals surface area contributed by atoms with E-state index in [0.29, 0.717) is 12.3 Å². The number of nitrogens with zero attached hydrogens (tertiary/aromatic N) is 1. The zero-order valence-electron chi connectivity index (χ0n) is 8.33. The fourth-order valence-electron chi connectivity index (χ4n) is 1.09. The van der Waals surface area contributed by atoms with Crippen molar-refractivity contribution in [2.24, 2.45) is 7.05 Å². The van der Waals surface area contributed by atoms with Crippen molar-refractivity contribution in [2.45, 2.75) is 20.3 Å². The molecule has 3 nitrogen and oxygen atoms in total. The molecule has 1 aromatic rings.